The summed E-state index contributed by atoms with van der Waals surface area (Å²) >= 11 is 1.51. The molecule has 1 aromatic heterocycles. The summed E-state index contributed by atoms with van der Waals surface area (Å²) in [7, 11) is 2.09. The molecule has 2 aromatic rings. The van der Waals surface area contributed by atoms with Crippen molar-refractivity contribution in [1.29, 1.82) is 0 Å². The largest absolute Gasteiger partial charge is 0.397 e. The van der Waals surface area contributed by atoms with Gasteiger partial charge in [-0.2, -0.15) is 0 Å². The van der Waals surface area contributed by atoms with Crippen LogP contribution >= 0.6 is 11.3 Å². The lowest BCUT2D eigenvalue weighted by molar-refractivity contribution is 0.0539. The van der Waals surface area contributed by atoms with Crippen LogP contribution in [-0.2, 0) is 0 Å². The second-order valence-electron chi connectivity index (χ2n) is 5.95. The molecule has 1 fully saturated rings. The predicted molar refractivity (Wildman–Crippen MR) is 89.0 cm³/mol. The number of hydrogen-bond donors (Lipinski definition) is 1. The van der Waals surface area contributed by atoms with Gasteiger partial charge in [-0.05, 0) is 32.5 Å². The van der Waals surface area contributed by atoms with E-state index in [-0.39, 0.29) is 11.9 Å². The van der Waals surface area contributed by atoms with Crippen LogP contribution in [0, 0.1) is 6.92 Å². The molecule has 4 nitrogen and oxygen atoms in total. The molecule has 1 aliphatic rings. The number of amides is 1. The van der Waals surface area contributed by atoms with E-state index in [1.54, 1.807) is 0 Å². The van der Waals surface area contributed by atoms with Crippen molar-refractivity contribution in [1.82, 2.24) is 9.80 Å². The minimum Gasteiger partial charge on any atom is -0.397 e. The van der Waals surface area contributed by atoms with Crippen LogP contribution in [0.3, 0.4) is 0 Å². The molecule has 2 heterocycles. The average Bonchev–Trinajstić information content (AvgIpc) is 2.75. The van der Waals surface area contributed by atoms with Crippen molar-refractivity contribution in [3.05, 3.63) is 28.6 Å². The molecule has 1 atom stereocenters. The van der Waals surface area contributed by atoms with Crippen LogP contribution in [0.5, 0.6) is 0 Å². The number of thiophene rings is 1. The third-order valence-corrected chi connectivity index (χ3v) is 5.33. The molecule has 1 aromatic carbocycles. The monoisotopic (exact) mass is 303 g/mol. The average molecular weight is 303 g/mol. The molecule has 112 valence electrons. The lowest BCUT2D eigenvalue weighted by Gasteiger charge is -2.38. The van der Waals surface area contributed by atoms with Gasteiger partial charge in [-0.25, -0.2) is 0 Å². The number of carbonyl (C=O) groups excluding carboxylic acids is 1. The number of piperazine rings is 1. The first-order chi connectivity index (χ1) is 9.97. The van der Waals surface area contributed by atoms with Crippen LogP contribution in [0.25, 0.3) is 10.1 Å². The molecule has 21 heavy (non-hydrogen) atoms. The quantitative estimate of drug-likeness (QED) is 0.881. The Hall–Kier alpha value is -1.59. The summed E-state index contributed by atoms with van der Waals surface area (Å²) in [4.78, 5) is 17.7. The smallest absolute Gasteiger partial charge is 0.266 e. The molecule has 5 heteroatoms. The second-order valence-corrected chi connectivity index (χ2v) is 7.01. The van der Waals surface area contributed by atoms with Gasteiger partial charge in [-0.3, -0.25) is 4.79 Å². The van der Waals surface area contributed by atoms with Gasteiger partial charge in [0.15, 0.2) is 0 Å². The molecule has 3 rings (SSSR count). The number of benzene rings is 1. The van der Waals surface area contributed by atoms with Gasteiger partial charge in [0.1, 0.15) is 4.88 Å². The highest BCUT2D eigenvalue weighted by Crippen LogP contribution is 2.35. The number of hydrogen-bond acceptors (Lipinski definition) is 4. The molecule has 0 spiro atoms. The number of rotatable bonds is 1. The van der Waals surface area contributed by atoms with E-state index >= 15 is 0 Å². The molecule has 1 saturated heterocycles. The highest BCUT2D eigenvalue weighted by Gasteiger charge is 2.29. The van der Waals surface area contributed by atoms with E-state index in [0.29, 0.717) is 10.6 Å². The molecular weight excluding hydrogens is 282 g/mol. The van der Waals surface area contributed by atoms with E-state index in [4.69, 9.17) is 5.73 Å². The van der Waals surface area contributed by atoms with Crippen LogP contribution < -0.4 is 5.73 Å². The molecule has 2 N–H and O–H groups in total. The van der Waals surface area contributed by atoms with Gasteiger partial charge in [0.25, 0.3) is 5.91 Å². The van der Waals surface area contributed by atoms with E-state index in [0.717, 1.165) is 29.7 Å². The number of aryl methyl sites for hydroxylation is 1. The minimum absolute atomic E-state index is 0.0759. The SMILES string of the molecule is Cc1ccc2c(N)c(C(=O)N3CCN(C)CC3C)sc2c1. The first-order valence-electron chi connectivity index (χ1n) is 7.25. The van der Waals surface area contributed by atoms with E-state index in [2.05, 4.69) is 31.9 Å². The number of anilines is 1. The molecule has 0 bridgehead atoms. The Morgan fingerprint density at radius 1 is 1.38 bits per heavy atom. The zero-order chi connectivity index (χ0) is 15.1. The van der Waals surface area contributed by atoms with Crippen LogP contribution in [-0.4, -0.2) is 48.4 Å². The second kappa shape index (κ2) is 5.31. The highest BCUT2D eigenvalue weighted by molar-refractivity contribution is 7.21. The maximum atomic E-state index is 12.8. The highest BCUT2D eigenvalue weighted by atomic mass is 32.1. The Morgan fingerprint density at radius 2 is 2.14 bits per heavy atom. The summed E-state index contributed by atoms with van der Waals surface area (Å²) in [5.74, 6) is 0.0759. The van der Waals surface area contributed by atoms with Gasteiger partial charge < -0.3 is 15.5 Å². The molecule has 0 aliphatic carbocycles. The van der Waals surface area contributed by atoms with Gasteiger partial charge in [-0.15, -0.1) is 11.3 Å². The Balaban J connectivity index is 1.96. The first kappa shape index (κ1) is 14.4. The minimum atomic E-state index is 0.0759. The molecule has 1 amide bonds. The van der Waals surface area contributed by atoms with Crippen molar-refractivity contribution >= 4 is 33.0 Å². The van der Waals surface area contributed by atoms with Gasteiger partial charge in [0.2, 0.25) is 0 Å². The predicted octanol–water partition coefficient (Wildman–Crippen LogP) is 2.57. The summed E-state index contributed by atoms with van der Waals surface area (Å²) in [6.07, 6.45) is 0. The summed E-state index contributed by atoms with van der Waals surface area (Å²) in [5, 5.41) is 0.996. The van der Waals surface area contributed by atoms with Crippen LogP contribution in [0.2, 0.25) is 0 Å². The normalized spacial score (nSPS) is 20.1. The fraction of sp³-hybridized carbons (Fsp3) is 0.438. The van der Waals surface area contributed by atoms with Crippen molar-refractivity contribution in [2.45, 2.75) is 19.9 Å². The third kappa shape index (κ3) is 2.51. The molecular formula is C16H21N3OS. The summed E-state index contributed by atoms with van der Waals surface area (Å²) in [6.45, 7) is 6.75. The fourth-order valence-corrected chi connectivity index (χ4v) is 4.13. The first-order valence-corrected chi connectivity index (χ1v) is 8.07. The number of nitrogen functional groups attached to an aromatic ring is 1. The zero-order valence-corrected chi connectivity index (χ0v) is 13.5. The Labute approximate surface area is 129 Å². The molecule has 1 aliphatic heterocycles. The Kier molecular flexibility index (Phi) is 3.63. The van der Waals surface area contributed by atoms with Crippen molar-refractivity contribution in [2.75, 3.05) is 32.4 Å². The summed E-state index contributed by atoms with van der Waals surface area (Å²) in [6, 6.07) is 6.38. The number of likely N-dealkylation sites (N-methyl/N-ethyl adjacent to an activating group) is 1. The van der Waals surface area contributed by atoms with Crippen molar-refractivity contribution in [3.8, 4) is 0 Å². The van der Waals surface area contributed by atoms with Crippen molar-refractivity contribution < 1.29 is 4.79 Å². The van der Waals surface area contributed by atoms with E-state index < -0.39 is 0 Å². The van der Waals surface area contributed by atoms with Crippen LogP contribution in [0.1, 0.15) is 22.2 Å². The number of nitrogens with zero attached hydrogens (tertiary/aromatic N) is 2. The van der Waals surface area contributed by atoms with Gasteiger partial charge in [-0.1, -0.05) is 12.1 Å². The summed E-state index contributed by atoms with van der Waals surface area (Å²) in [5.41, 5.74) is 8.04. The van der Waals surface area contributed by atoms with Crippen molar-refractivity contribution in [3.63, 3.8) is 0 Å². The lowest BCUT2D eigenvalue weighted by Crippen LogP contribution is -2.52. The maximum Gasteiger partial charge on any atom is 0.266 e. The van der Waals surface area contributed by atoms with Crippen molar-refractivity contribution in [2.24, 2.45) is 0 Å². The van der Waals surface area contributed by atoms with E-state index in [1.807, 2.05) is 17.0 Å². The van der Waals surface area contributed by atoms with E-state index in [1.165, 1.54) is 16.9 Å². The van der Waals surface area contributed by atoms with Crippen LogP contribution in [0.4, 0.5) is 5.69 Å². The maximum absolute atomic E-state index is 12.8. The summed E-state index contributed by atoms with van der Waals surface area (Å²) < 4.78 is 1.10. The zero-order valence-electron chi connectivity index (χ0n) is 12.7. The Bertz CT molecular complexity index is 694. The van der Waals surface area contributed by atoms with Crippen LogP contribution in [0.15, 0.2) is 18.2 Å². The van der Waals surface area contributed by atoms with Gasteiger partial charge in [0, 0.05) is 35.8 Å². The Morgan fingerprint density at radius 3 is 2.86 bits per heavy atom. The van der Waals surface area contributed by atoms with Gasteiger partial charge in [0.05, 0.1) is 5.69 Å². The standard InChI is InChI=1S/C16H21N3OS/c1-10-4-5-12-13(8-10)21-15(14(12)17)16(20)19-7-6-18(3)9-11(19)2/h4-5,8,11H,6-7,9,17H2,1-3H3. The topological polar surface area (TPSA) is 49.6 Å². The van der Waals surface area contributed by atoms with Gasteiger partial charge >= 0.3 is 0 Å². The molecule has 0 radical (unpaired) electrons. The third-order valence-electron chi connectivity index (χ3n) is 4.17. The van der Waals surface area contributed by atoms with E-state index in [9.17, 15) is 4.79 Å². The molecule has 1 unspecified atom stereocenters. The number of fused-ring (bicyclic) bond motifs is 1. The number of nitrogens with two attached hydrogens (primary N) is 1. The number of carbonyl (C=O) groups is 1. The fourth-order valence-electron chi connectivity index (χ4n) is 2.95. The molecule has 0 saturated carbocycles. The lowest BCUT2D eigenvalue weighted by atomic mass is 10.1.